The van der Waals surface area contributed by atoms with E-state index in [9.17, 15) is 92.0 Å². The molecule has 9 aromatic rings. The summed E-state index contributed by atoms with van der Waals surface area (Å²) < 4.78 is 226. The van der Waals surface area contributed by atoms with E-state index < -0.39 is 169 Å². The Morgan fingerprint density at radius 1 is 0.455 bits per heavy atom. The number of hydrogen-bond donors (Lipinski definition) is 9. The third-order valence-electron chi connectivity index (χ3n) is 24.6. The molecule has 145 heavy (non-hydrogen) atoms. The summed E-state index contributed by atoms with van der Waals surface area (Å²) >= 11 is 6.20. The number of alkyl halides is 9. The van der Waals surface area contributed by atoms with E-state index in [1.54, 1.807) is 81.6 Å². The highest BCUT2D eigenvalue weighted by atomic mass is 35.5. The summed E-state index contributed by atoms with van der Waals surface area (Å²) in [5.41, 5.74) is -9.96. The Morgan fingerprint density at radius 3 is 1.09 bits per heavy atom. The van der Waals surface area contributed by atoms with E-state index in [1.165, 1.54) is 146 Å². The van der Waals surface area contributed by atoms with E-state index in [-0.39, 0.29) is 195 Å². The van der Waals surface area contributed by atoms with Gasteiger partial charge in [-0.2, -0.15) is 39.5 Å². The zero-order valence-electron chi connectivity index (χ0n) is 83.1. The second-order valence-electron chi connectivity index (χ2n) is 38.4. The van der Waals surface area contributed by atoms with Gasteiger partial charge in [0.1, 0.15) is 51.0 Å². The van der Waals surface area contributed by atoms with Crippen LogP contribution >= 0.6 is 11.6 Å². The second kappa shape index (κ2) is 44.8. The van der Waals surface area contributed by atoms with Crippen molar-refractivity contribution in [3.8, 4) is 74.3 Å². The molecule has 3 aromatic carbocycles. The lowest BCUT2D eigenvalue weighted by Gasteiger charge is -2.32. The fraction of sp³-hybridized carbons (Fsp3) is 0.480. The lowest BCUT2D eigenvalue weighted by atomic mass is 9.80. The third-order valence-corrected chi connectivity index (χ3v) is 28.4. The van der Waals surface area contributed by atoms with E-state index in [4.69, 9.17) is 84.6 Å². The lowest BCUT2D eigenvalue weighted by Crippen LogP contribution is -2.47. The molecule has 0 saturated carbocycles. The molecular formula is C98H118BClF9N9O25S2. The molecule has 8 atom stereocenters. The Balaban J connectivity index is 0.000000206. The van der Waals surface area contributed by atoms with Crippen LogP contribution in [0.1, 0.15) is 193 Å². The summed E-state index contributed by atoms with van der Waals surface area (Å²) in [5.74, 6) is -0.690. The average Bonchev–Trinajstić information content (AvgIpc) is 1.49. The topological polar surface area (TPSA) is 463 Å². The number of ether oxygens (including phenoxy) is 9. The van der Waals surface area contributed by atoms with E-state index in [1.807, 2.05) is 27.7 Å². The number of methoxy groups -OCH3 is 3. The minimum atomic E-state index is -5.29. The maximum atomic E-state index is 14.9. The molecule has 1 saturated heterocycles. The van der Waals surface area contributed by atoms with Crippen LogP contribution in [0, 0.1) is 0 Å². The van der Waals surface area contributed by atoms with Gasteiger partial charge in [0.2, 0.25) is 33.5 Å². The number of aliphatic hydroxyl groups excluding tert-OH is 3. The Labute approximate surface area is 839 Å². The molecule has 790 valence electrons. The van der Waals surface area contributed by atoms with Crippen molar-refractivity contribution in [3.63, 3.8) is 0 Å². The quantitative estimate of drug-likeness (QED) is 0.00783. The number of fused-ring (bicyclic) bond motifs is 3. The first kappa shape index (κ1) is 116. The number of halogens is 10. The molecule has 13 rings (SSSR count). The van der Waals surface area contributed by atoms with Crippen LogP contribution in [0.5, 0.6) is 51.7 Å². The molecule has 34 nitrogen and oxygen atoms in total. The number of nitrogens with one attached hydrogen (secondary N) is 2. The molecule has 10 heterocycles. The SMILES string of the molecule is COc1cc(C(=O)CCC(O)(c2cc3c(c(-c4ccc(=O)n(C)c4)n2)OCC3(C)N)C(F)(F)F)ccc1OCCO.COc1cc(C(=O)CCC(O)(c2cc3c(c(-c4ccc(=O)n(C)c4)n2)OCC3(C)NS(=O)C(C)(C)C)C(F)(F)F)ccc1OCCO.COc1cc(C(=O)CCC(O)(c2cc3c(c(Cl)n2)OCC3(C)NS(=O)C(C)(C)C)C(F)(F)F)ccc1OCCO.Cn1cc(B2OC(C)(C)C(C)(C)O2)ccc1=O. The molecule has 1 fully saturated rings. The molecule has 4 aliphatic heterocycles. The number of Topliss-reactive ketones (excluding diaryl/α,β-unsaturated/α-hetero) is 3. The molecule has 8 unspecified atom stereocenters. The smallest absolute Gasteiger partial charge is 0.493 e. The van der Waals surface area contributed by atoms with Crippen LogP contribution < -0.4 is 80.0 Å². The normalized spacial score (nSPS) is 18.9. The summed E-state index contributed by atoms with van der Waals surface area (Å²) in [6.45, 7) is 22.1. The highest BCUT2D eigenvalue weighted by Crippen LogP contribution is 2.54. The second-order valence-corrected chi connectivity index (χ2v) is 42.7. The molecular weight excluding hydrogens is 1980 g/mol. The Bertz CT molecular complexity index is 6500. The summed E-state index contributed by atoms with van der Waals surface area (Å²) in [7, 11) is 4.93. The minimum Gasteiger partial charge on any atom is -0.493 e. The van der Waals surface area contributed by atoms with Crippen molar-refractivity contribution in [1.29, 1.82) is 0 Å². The van der Waals surface area contributed by atoms with Crippen LogP contribution in [0.15, 0.2) is 142 Å². The lowest BCUT2D eigenvalue weighted by molar-refractivity contribution is -0.270. The van der Waals surface area contributed by atoms with Gasteiger partial charge in [-0.1, -0.05) is 17.7 Å². The van der Waals surface area contributed by atoms with Crippen molar-refractivity contribution in [3.05, 3.63) is 214 Å². The largest absolute Gasteiger partial charge is 0.496 e. The van der Waals surface area contributed by atoms with Crippen LogP contribution in [0.3, 0.4) is 0 Å². The summed E-state index contributed by atoms with van der Waals surface area (Å²) in [4.78, 5) is 86.6. The molecule has 6 aromatic heterocycles. The monoisotopic (exact) mass is 2100 g/mol. The van der Waals surface area contributed by atoms with Crippen molar-refractivity contribution in [2.45, 2.75) is 201 Å². The fourth-order valence-corrected chi connectivity index (χ4v) is 17.2. The highest BCUT2D eigenvalue weighted by molar-refractivity contribution is 7.84. The Morgan fingerprint density at radius 2 is 0.766 bits per heavy atom. The van der Waals surface area contributed by atoms with Crippen molar-refractivity contribution in [2.75, 3.05) is 80.8 Å². The maximum absolute atomic E-state index is 14.9. The first-order valence-corrected chi connectivity index (χ1v) is 47.9. The molecule has 47 heteroatoms. The summed E-state index contributed by atoms with van der Waals surface area (Å²) in [5, 5.41) is 60.1. The standard InChI is InChI=1S/C32H38F3N3O8S.C28H30F3N3O7.C26H32ClF3N2O7S.C12H18BNO3/c1-29(2,3)47(43)37-30(4)18-46-28-21(30)16-25(36-27(28)20-8-10-26(41)38(5)17-20)31(42,32(33,34)35)12-11-22(40)19-7-9-23(45-14-13-39)24(15-19)44-6;1-26(32)15-41-25-18(26)13-22(33-24(25)17-5-7-23(37)34(2)14-17)27(38,28(29,30)31)9-8-19(36)16-4-6-20(40-11-10-35)21(12-16)39-3;1-23(2,3)40(36)32-24(4)14-39-21-16(24)13-20(31-22(21)27)25(35,26(28,29)30)9-8-17(34)15-6-7-18(38-11-10-33)19(12-15)37-5;1-11(2)12(3,4)17-13(16-11)9-6-7-10(15)14(5)8-9/h7-10,15-17,37,39,42H,11-14,18H2,1-6H3;4-7,12-14,35,38H,8-11,15,32H2,1-3H3;6-7,12-13,32-33,35H,8-11,14H2,1-5H3;6-8H,1-5H3. The number of benzene rings is 3. The molecule has 0 radical (unpaired) electrons. The number of hydrogen-bond acceptors (Lipinski definition) is 29. The fourth-order valence-electron chi connectivity index (χ4n) is 15.2. The van der Waals surface area contributed by atoms with Crippen LogP contribution in [0.25, 0.3) is 22.5 Å². The van der Waals surface area contributed by atoms with Crippen molar-refractivity contribution in [1.82, 2.24) is 38.1 Å². The van der Waals surface area contributed by atoms with Gasteiger partial charge in [0.15, 0.2) is 74.2 Å². The number of aliphatic hydroxyl groups is 6. The summed E-state index contributed by atoms with van der Waals surface area (Å²) in [6.07, 6.45) is -16.5. The molecule has 0 bridgehead atoms. The molecule has 10 N–H and O–H groups in total. The van der Waals surface area contributed by atoms with Gasteiger partial charge in [-0.15, -0.1) is 0 Å². The first-order chi connectivity index (χ1) is 67.2. The Kier molecular flexibility index (Phi) is 35.8. The van der Waals surface area contributed by atoms with Gasteiger partial charge in [0, 0.05) is 122 Å². The number of nitrogens with two attached hydrogens (primary N) is 1. The molecule has 4 aliphatic rings. The van der Waals surface area contributed by atoms with Crippen molar-refractivity contribution >= 4 is 63.5 Å². The minimum absolute atomic E-state index is 0.0162. The van der Waals surface area contributed by atoms with Crippen LogP contribution in [0.2, 0.25) is 5.15 Å². The predicted molar refractivity (Wildman–Crippen MR) is 519 cm³/mol. The predicted octanol–water partition coefficient (Wildman–Crippen LogP) is 11.6. The summed E-state index contributed by atoms with van der Waals surface area (Å²) in [6, 6.07) is 23.8. The average molecular weight is 2100 g/mol. The number of pyridine rings is 6. The van der Waals surface area contributed by atoms with E-state index in [0.29, 0.717) is 0 Å². The number of rotatable bonds is 34. The van der Waals surface area contributed by atoms with Crippen LogP contribution in [0.4, 0.5) is 39.5 Å². The number of ketones is 3. The van der Waals surface area contributed by atoms with E-state index >= 15 is 0 Å². The molecule has 0 spiro atoms. The number of carbonyl (C=O) groups excluding carboxylic acids is 3. The molecule has 0 aliphatic carbocycles. The van der Waals surface area contributed by atoms with Gasteiger partial charge >= 0.3 is 25.6 Å². The number of aryl methyl sites for hydroxylation is 3. The van der Waals surface area contributed by atoms with Crippen molar-refractivity contribution < 1.29 is 145 Å². The van der Waals surface area contributed by atoms with Crippen LogP contribution in [-0.4, -0.2) is 212 Å². The van der Waals surface area contributed by atoms with Gasteiger partial charge in [-0.05, 0) is 200 Å². The van der Waals surface area contributed by atoms with Crippen molar-refractivity contribution in [2.24, 2.45) is 26.9 Å². The van der Waals surface area contributed by atoms with E-state index in [2.05, 4.69) is 24.4 Å². The zero-order chi connectivity index (χ0) is 108. The van der Waals surface area contributed by atoms with Gasteiger partial charge < -0.3 is 102 Å². The number of carbonyl (C=O) groups is 3. The maximum Gasteiger partial charge on any atom is 0.496 e. The van der Waals surface area contributed by atoms with Crippen LogP contribution in [-0.2, 0) is 85.8 Å². The highest BCUT2D eigenvalue weighted by Gasteiger charge is 2.61. The molecule has 0 amide bonds. The zero-order valence-corrected chi connectivity index (χ0v) is 85.5. The third kappa shape index (κ3) is 25.8. The number of aromatic nitrogens is 6. The first-order valence-electron chi connectivity index (χ1n) is 45.2. The number of nitrogens with zero attached hydrogens (tertiary/aromatic N) is 6. The van der Waals surface area contributed by atoms with Gasteiger partial charge in [0.25, 0.3) is 0 Å². The van der Waals surface area contributed by atoms with Gasteiger partial charge in [-0.25, -0.2) is 32.8 Å². The van der Waals surface area contributed by atoms with Gasteiger partial charge in [0.05, 0.1) is 118 Å². The van der Waals surface area contributed by atoms with Gasteiger partial charge in [-0.3, -0.25) is 28.8 Å². The van der Waals surface area contributed by atoms with E-state index in [0.717, 1.165) is 23.7 Å². The Hall–Kier alpha value is -11.2.